The minimum Gasteiger partial charge on any atom is -0.271 e. The van der Waals surface area contributed by atoms with Crippen LogP contribution in [0.4, 0.5) is 17.6 Å². The Bertz CT molecular complexity index is 467. The van der Waals surface area contributed by atoms with Gasteiger partial charge in [-0.15, -0.1) is 0 Å². The molecule has 0 radical (unpaired) electrons. The summed E-state index contributed by atoms with van der Waals surface area (Å²) < 4.78 is 51.2. The lowest BCUT2D eigenvalue weighted by Crippen LogP contribution is -2.28. The van der Waals surface area contributed by atoms with Gasteiger partial charge in [0, 0.05) is 6.04 Å². The SMILES string of the molecule is NNC(CCC1CCCC1)c1ccc(C(F)(F)F)c(F)c1. The van der Waals surface area contributed by atoms with Crippen LogP contribution in [0.25, 0.3) is 0 Å². The van der Waals surface area contributed by atoms with E-state index in [0.29, 0.717) is 17.9 Å². The fraction of sp³-hybridized carbons (Fsp3) is 0.600. The van der Waals surface area contributed by atoms with Crippen molar-refractivity contribution in [2.45, 2.75) is 50.7 Å². The number of nitrogens with two attached hydrogens (primary N) is 1. The molecule has 0 heterocycles. The fourth-order valence-corrected chi connectivity index (χ4v) is 3.03. The second kappa shape index (κ2) is 6.75. The number of hydrazine groups is 1. The van der Waals surface area contributed by atoms with Gasteiger partial charge in [-0.05, 0) is 36.5 Å². The Morgan fingerprint density at radius 1 is 1.24 bits per heavy atom. The monoisotopic (exact) mass is 304 g/mol. The zero-order valence-corrected chi connectivity index (χ0v) is 11.7. The Labute approximate surface area is 121 Å². The average Bonchev–Trinajstić information content (AvgIpc) is 2.91. The van der Waals surface area contributed by atoms with E-state index < -0.39 is 17.6 Å². The summed E-state index contributed by atoms with van der Waals surface area (Å²) in [4.78, 5) is 0. The smallest absolute Gasteiger partial charge is 0.271 e. The van der Waals surface area contributed by atoms with E-state index in [1.165, 1.54) is 31.7 Å². The lowest BCUT2D eigenvalue weighted by Gasteiger charge is -2.19. The molecule has 0 aromatic heterocycles. The van der Waals surface area contributed by atoms with Crippen molar-refractivity contribution in [3.05, 3.63) is 35.1 Å². The number of rotatable bonds is 5. The third kappa shape index (κ3) is 4.17. The maximum absolute atomic E-state index is 13.6. The van der Waals surface area contributed by atoms with Crippen LogP contribution in [0.2, 0.25) is 0 Å². The van der Waals surface area contributed by atoms with Gasteiger partial charge in [-0.1, -0.05) is 31.7 Å². The predicted octanol–water partition coefficient (Wildman–Crippen LogP) is 4.32. The Kier molecular flexibility index (Phi) is 5.22. The minimum atomic E-state index is -4.67. The summed E-state index contributed by atoms with van der Waals surface area (Å²) in [5.74, 6) is 4.87. The molecule has 1 saturated carbocycles. The van der Waals surface area contributed by atoms with Crippen LogP contribution in [-0.4, -0.2) is 0 Å². The molecule has 6 heteroatoms. The number of hydrogen-bond donors (Lipinski definition) is 2. The maximum Gasteiger partial charge on any atom is 0.419 e. The molecule has 1 atom stereocenters. The van der Waals surface area contributed by atoms with E-state index in [-0.39, 0.29) is 6.04 Å². The third-order valence-electron chi connectivity index (χ3n) is 4.24. The van der Waals surface area contributed by atoms with Gasteiger partial charge in [0.2, 0.25) is 0 Å². The van der Waals surface area contributed by atoms with Crippen molar-refractivity contribution in [1.29, 1.82) is 0 Å². The minimum absolute atomic E-state index is 0.317. The molecule has 2 nitrogen and oxygen atoms in total. The fourth-order valence-electron chi connectivity index (χ4n) is 3.03. The van der Waals surface area contributed by atoms with E-state index >= 15 is 0 Å². The first-order valence-electron chi connectivity index (χ1n) is 7.24. The van der Waals surface area contributed by atoms with Crippen molar-refractivity contribution >= 4 is 0 Å². The Morgan fingerprint density at radius 2 is 1.90 bits per heavy atom. The third-order valence-corrected chi connectivity index (χ3v) is 4.24. The summed E-state index contributed by atoms with van der Waals surface area (Å²) in [5.41, 5.74) is 1.80. The molecule has 1 aromatic rings. The lowest BCUT2D eigenvalue weighted by atomic mass is 9.94. The van der Waals surface area contributed by atoms with Crippen molar-refractivity contribution in [3.63, 3.8) is 0 Å². The zero-order chi connectivity index (χ0) is 15.5. The van der Waals surface area contributed by atoms with Gasteiger partial charge >= 0.3 is 6.18 Å². The summed E-state index contributed by atoms with van der Waals surface area (Å²) in [6.07, 6.45) is 1.85. The number of hydrogen-bond acceptors (Lipinski definition) is 2. The van der Waals surface area contributed by atoms with Crippen LogP contribution in [0.3, 0.4) is 0 Å². The van der Waals surface area contributed by atoms with Crippen LogP contribution in [0, 0.1) is 11.7 Å². The van der Waals surface area contributed by atoms with E-state index in [0.717, 1.165) is 18.6 Å². The van der Waals surface area contributed by atoms with E-state index in [2.05, 4.69) is 5.43 Å². The first-order valence-corrected chi connectivity index (χ1v) is 7.24. The first-order chi connectivity index (χ1) is 9.91. The maximum atomic E-state index is 13.6. The molecule has 118 valence electrons. The predicted molar refractivity (Wildman–Crippen MR) is 72.7 cm³/mol. The quantitative estimate of drug-likeness (QED) is 0.483. The summed E-state index contributed by atoms with van der Waals surface area (Å²) in [6, 6.07) is 2.69. The highest BCUT2D eigenvalue weighted by Gasteiger charge is 2.34. The second-order valence-corrected chi connectivity index (χ2v) is 5.68. The van der Waals surface area contributed by atoms with E-state index in [1.54, 1.807) is 0 Å². The molecule has 1 aliphatic carbocycles. The van der Waals surface area contributed by atoms with Gasteiger partial charge in [0.15, 0.2) is 0 Å². The van der Waals surface area contributed by atoms with Crippen molar-refractivity contribution in [2.24, 2.45) is 11.8 Å². The molecule has 21 heavy (non-hydrogen) atoms. The van der Waals surface area contributed by atoms with Crippen LogP contribution in [-0.2, 0) is 6.18 Å². The van der Waals surface area contributed by atoms with E-state index in [1.807, 2.05) is 0 Å². The molecule has 1 aromatic carbocycles. The molecule has 0 aliphatic heterocycles. The lowest BCUT2D eigenvalue weighted by molar-refractivity contribution is -0.140. The van der Waals surface area contributed by atoms with Crippen molar-refractivity contribution in [2.75, 3.05) is 0 Å². The molecule has 1 unspecified atom stereocenters. The van der Waals surface area contributed by atoms with Crippen LogP contribution >= 0.6 is 0 Å². The second-order valence-electron chi connectivity index (χ2n) is 5.68. The summed E-state index contributed by atoms with van der Waals surface area (Å²) in [6.45, 7) is 0. The number of benzene rings is 1. The normalized spacial score (nSPS) is 18.1. The van der Waals surface area contributed by atoms with Crippen molar-refractivity contribution in [1.82, 2.24) is 5.43 Å². The van der Waals surface area contributed by atoms with Gasteiger partial charge < -0.3 is 0 Å². The number of halogens is 4. The van der Waals surface area contributed by atoms with E-state index in [9.17, 15) is 17.6 Å². The van der Waals surface area contributed by atoms with Gasteiger partial charge in [0.25, 0.3) is 0 Å². The van der Waals surface area contributed by atoms with Crippen LogP contribution in [0.15, 0.2) is 18.2 Å². The molecule has 0 spiro atoms. The van der Waals surface area contributed by atoms with E-state index in [4.69, 9.17) is 5.84 Å². The highest BCUT2D eigenvalue weighted by atomic mass is 19.4. The summed E-state index contributed by atoms with van der Waals surface area (Å²) >= 11 is 0. The summed E-state index contributed by atoms with van der Waals surface area (Å²) in [5, 5.41) is 0. The molecule has 0 amide bonds. The number of nitrogens with one attached hydrogen (secondary N) is 1. The molecular formula is C15H20F4N2. The zero-order valence-electron chi connectivity index (χ0n) is 11.7. The Morgan fingerprint density at radius 3 is 2.43 bits per heavy atom. The highest BCUT2D eigenvalue weighted by Crippen LogP contribution is 2.34. The number of alkyl halides is 3. The van der Waals surface area contributed by atoms with Gasteiger partial charge in [0.1, 0.15) is 5.82 Å². The average molecular weight is 304 g/mol. The summed E-state index contributed by atoms with van der Waals surface area (Å²) in [7, 11) is 0. The van der Waals surface area contributed by atoms with Gasteiger partial charge in [-0.25, -0.2) is 4.39 Å². The van der Waals surface area contributed by atoms with Crippen LogP contribution in [0.1, 0.15) is 55.7 Å². The first kappa shape index (κ1) is 16.2. The van der Waals surface area contributed by atoms with Crippen molar-refractivity contribution < 1.29 is 17.6 Å². The Balaban J connectivity index is 2.05. The van der Waals surface area contributed by atoms with Gasteiger partial charge in [-0.2, -0.15) is 13.2 Å². The van der Waals surface area contributed by atoms with Crippen LogP contribution in [0.5, 0.6) is 0 Å². The van der Waals surface area contributed by atoms with Gasteiger partial charge in [0.05, 0.1) is 5.56 Å². The largest absolute Gasteiger partial charge is 0.419 e. The molecule has 3 N–H and O–H groups in total. The standard InChI is InChI=1S/C15H20F4N2/c16-13-9-11(6-7-12(13)15(17,18)19)14(21-20)8-5-10-3-1-2-4-10/h6-7,9-10,14,21H,1-5,8,20H2. The molecule has 0 saturated heterocycles. The molecule has 1 fully saturated rings. The molecule has 1 aliphatic rings. The Hall–Kier alpha value is -1.14. The van der Waals surface area contributed by atoms with Crippen LogP contribution < -0.4 is 11.3 Å². The molecule has 0 bridgehead atoms. The molecule has 2 rings (SSSR count). The molecular weight excluding hydrogens is 284 g/mol. The highest BCUT2D eigenvalue weighted by molar-refractivity contribution is 5.28. The van der Waals surface area contributed by atoms with Gasteiger partial charge in [-0.3, -0.25) is 11.3 Å². The topological polar surface area (TPSA) is 38.0 Å². The van der Waals surface area contributed by atoms with Crippen molar-refractivity contribution in [3.8, 4) is 0 Å².